The van der Waals surface area contributed by atoms with E-state index in [2.05, 4.69) is 5.32 Å². The Labute approximate surface area is 200 Å². The van der Waals surface area contributed by atoms with Crippen LogP contribution in [-0.4, -0.2) is 23.8 Å². The number of imide groups is 1. The molecule has 3 amide bonds. The van der Waals surface area contributed by atoms with Crippen LogP contribution in [0.5, 0.6) is 0 Å². The van der Waals surface area contributed by atoms with Crippen molar-refractivity contribution in [3.63, 3.8) is 0 Å². The molecule has 1 N–H and O–H groups in total. The SMILES string of the molecule is O=C(NC1CCCCC1)c1ccccc1N(C(=O)Cc1ccccc1)C(=O)Cc1ccccc1. The highest BCUT2D eigenvalue weighted by Crippen LogP contribution is 2.25. The van der Waals surface area contributed by atoms with Gasteiger partial charge in [0.1, 0.15) is 0 Å². The van der Waals surface area contributed by atoms with E-state index < -0.39 is 0 Å². The molecule has 1 fully saturated rings. The summed E-state index contributed by atoms with van der Waals surface area (Å²) in [5, 5.41) is 3.12. The molecule has 3 aromatic carbocycles. The summed E-state index contributed by atoms with van der Waals surface area (Å²) in [5.41, 5.74) is 2.30. The molecular weight excluding hydrogens is 424 g/mol. The zero-order valence-corrected chi connectivity index (χ0v) is 19.3. The topological polar surface area (TPSA) is 66.5 Å². The Hall–Kier alpha value is -3.73. The van der Waals surface area contributed by atoms with Gasteiger partial charge in [-0.25, -0.2) is 4.90 Å². The molecule has 5 nitrogen and oxygen atoms in total. The van der Waals surface area contributed by atoms with Crippen LogP contribution in [0.2, 0.25) is 0 Å². The van der Waals surface area contributed by atoms with Gasteiger partial charge in [0.2, 0.25) is 11.8 Å². The van der Waals surface area contributed by atoms with Crippen LogP contribution in [0.1, 0.15) is 53.6 Å². The van der Waals surface area contributed by atoms with Crippen LogP contribution in [-0.2, 0) is 22.4 Å². The predicted molar refractivity (Wildman–Crippen MR) is 134 cm³/mol. The highest BCUT2D eigenvalue weighted by Gasteiger charge is 2.28. The van der Waals surface area contributed by atoms with Gasteiger partial charge in [-0.05, 0) is 36.1 Å². The Balaban J connectivity index is 1.64. The molecule has 0 heterocycles. The van der Waals surface area contributed by atoms with Crippen molar-refractivity contribution < 1.29 is 14.4 Å². The minimum atomic E-state index is -0.356. The largest absolute Gasteiger partial charge is 0.349 e. The fraction of sp³-hybridized carbons (Fsp3) is 0.276. The number of rotatable bonds is 7. The lowest BCUT2D eigenvalue weighted by Gasteiger charge is -2.26. The van der Waals surface area contributed by atoms with Crippen LogP contribution in [0.4, 0.5) is 5.69 Å². The van der Waals surface area contributed by atoms with Gasteiger partial charge in [-0.15, -0.1) is 0 Å². The van der Waals surface area contributed by atoms with Gasteiger partial charge < -0.3 is 5.32 Å². The average molecular weight is 455 g/mol. The Morgan fingerprint density at radius 3 is 1.74 bits per heavy atom. The summed E-state index contributed by atoms with van der Waals surface area (Å²) < 4.78 is 0. The van der Waals surface area contributed by atoms with Gasteiger partial charge >= 0.3 is 0 Å². The number of hydrogen-bond acceptors (Lipinski definition) is 3. The maximum Gasteiger partial charge on any atom is 0.253 e. The van der Waals surface area contributed by atoms with Crippen LogP contribution in [0, 0.1) is 0 Å². The lowest BCUT2D eigenvalue weighted by atomic mass is 9.95. The molecule has 1 aliphatic rings. The van der Waals surface area contributed by atoms with Gasteiger partial charge in [0.15, 0.2) is 0 Å². The number of para-hydroxylation sites is 1. The molecule has 1 saturated carbocycles. The third-order valence-corrected chi connectivity index (χ3v) is 6.23. The molecular formula is C29H30N2O3. The molecule has 5 heteroatoms. The molecule has 34 heavy (non-hydrogen) atoms. The van der Waals surface area contributed by atoms with E-state index in [0.717, 1.165) is 36.8 Å². The first-order valence-electron chi connectivity index (χ1n) is 12.0. The number of nitrogens with zero attached hydrogens (tertiary/aromatic N) is 1. The Morgan fingerprint density at radius 2 is 1.18 bits per heavy atom. The summed E-state index contributed by atoms with van der Waals surface area (Å²) in [7, 11) is 0. The molecule has 0 radical (unpaired) electrons. The molecule has 0 saturated heterocycles. The molecule has 1 aliphatic carbocycles. The van der Waals surface area contributed by atoms with Gasteiger partial charge in [-0.1, -0.05) is 92.1 Å². The highest BCUT2D eigenvalue weighted by molar-refractivity contribution is 6.18. The maximum atomic E-state index is 13.5. The van der Waals surface area contributed by atoms with Crippen molar-refractivity contribution in [1.29, 1.82) is 0 Å². The summed E-state index contributed by atoms with van der Waals surface area (Å²) in [4.78, 5) is 41.4. The quantitative estimate of drug-likeness (QED) is 0.541. The van der Waals surface area contributed by atoms with E-state index in [0.29, 0.717) is 11.3 Å². The third kappa shape index (κ3) is 5.98. The van der Waals surface area contributed by atoms with Crippen molar-refractivity contribution >= 4 is 23.4 Å². The molecule has 0 unspecified atom stereocenters. The van der Waals surface area contributed by atoms with Crippen molar-refractivity contribution in [1.82, 2.24) is 5.32 Å². The van der Waals surface area contributed by atoms with Gasteiger partial charge in [-0.3, -0.25) is 14.4 Å². The van der Waals surface area contributed by atoms with Crippen LogP contribution in [0.15, 0.2) is 84.9 Å². The fourth-order valence-corrected chi connectivity index (χ4v) is 4.48. The Morgan fingerprint density at radius 1 is 0.676 bits per heavy atom. The summed E-state index contributed by atoms with van der Waals surface area (Å²) >= 11 is 0. The van der Waals surface area contributed by atoms with Crippen molar-refractivity contribution in [3.8, 4) is 0 Å². The molecule has 0 spiro atoms. The van der Waals surface area contributed by atoms with Crippen molar-refractivity contribution in [3.05, 3.63) is 102 Å². The van der Waals surface area contributed by atoms with Crippen LogP contribution >= 0.6 is 0 Å². The predicted octanol–water partition coefficient (Wildman–Crippen LogP) is 5.09. The summed E-state index contributed by atoms with van der Waals surface area (Å²) in [6, 6.07) is 25.7. The van der Waals surface area contributed by atoms with Gasteiger partial charge in [0.25, 0.3) is 5.91 Å². The number of benzene rings is 3. The number of anilines is 1. The van der Waals surface area contributed by atoms with Crippen molar-refractivity contribution in [2.75, 3.05) is 4.90 Å². The number of carbonyl (C=O) groups is 3. The van der Waals surface area contributed by atoms with Crippen LogP contribution in [0.25, 0.3) is 0 Å². The third-order valence-electron chi connectivity index (χ3n) is 6.23. The van der Waals surface area contributed by atoms with Crippen molar-refractivity contribution in [2.45, 2.75) is 51.0 Å². The molecule has 0 atom stereocenters. The highest BCUT2D eigenvalue weighted by atomic mass is 16.2. The van der Waals surface area contributed by atoms with Crippen LogP contribution < -0.4 is 10.2 Å². The summed E-state index contributed by atoms with van der Waals surface area (Å²) in [6.45, 7) is 0. The lowest BCUT2D eigenvalue weighted by Crippen LogP contribution is -2.42. The van der Waals surface area contributed by atoms with Gasteiger partial charge in [0, 0.05) is 6.04 Å². The first kappa shape index (κ1) is 23.4. The first-order valence-corrected chi connectivity index (χ1v) is 12.0. The summed E-state index contributed by atoms with van der Waals surface area (Å²) in [5.74, 6) is -0.956. The molecule has 0 aliphatic heterocycles. The Kier molecular flexibility index (Phi) is 7.87. The molecule has 174 valence electrons. The Bertz CT molecular complexity index is 1070. The number of nitrogens with one attached hydrogen (secondary N) is 1. The second-order valence-electron chi connectivity index (χ2n) is 8.77. The monoisotopic (exact) mass is 454 g/mol. The normalized spacial score (nSPS) is 13.8. The minimum Gasteiger partial charge on any atom is -0.349 e. The molecule has 0 aromatic heterocycles. The smallest absolute Gasteiger partial charge is 0.253 e. The van der Waals surface area contributed by atoms with Crippen LogP contribution in [0.3, 0.4) is 0 Å². The van der Waals surface area contributed by atoms with E-state index in [9.17, 15) is 14.4 Å². The zero-order valence-electron chi connectivity index (χ0n) is 19.3. The fourth-order valence-electron chi connectivity index (χ4n) is 4.48. The van der Waals surface area contributed by atoms with E-state index in [1.54, 1.807) is 24.3 Å². The minimum absolute atomic E-state index is 0.0694. The lowest BCUT2D eigenvalue weighted by molar-refractivity contribution is -0.125. The van der Waals surface area contributed by atoms with Gasteiger partial charge in [-0.2, -0.15) is 0 Å². The average Bonchev–Trinajstić information content (AvgIpc) is 2.86. The molecule has 4 rings (SSSR count). The maximum absolute atomic E-state index is 13.5. The molecule has 3 aromatic rings. The van der Waals surface area contributed by atoms with E-state index in [-0.39, 0.29) is 36.6 Å². The summed E-state index contributed by atoms with van der Waals surface area (Å²) in [6.07, 6.45) is 5.45. The standard InChI is InChI=1S/C29H30N2O3/c32-27(20-22-12-4-1-5-13-22)31(28(33)21-23-14-6-2-7-15-23)26-19-11-10-18-25(26)29(34)30-24-16-8-3-9-17-24/h1-2,4-7,10-15,18-19,24H,3,8-9,16-17,20-21H2,(H,30,34). The van der Waals surface area contributed by atoms with E-state index in [1.165, 1.54) is 11.3 Å². The number of carbonyl (C=O) groups excluding carboxylic acids is 3. The number of amides is 3. The second kappa shape index (κ2) is 11.4. The van der Waals surface area contributed by atoms with Crippen molar-refractivity contribution in [2.24, 2.45) is 0 Å². The second-order valence-corrected chi connectivity index (χ2v) is 8.77. The van der Waals surface area contributed by atoms with E-state index >= 15 is 0 Å². The zero-order chi connectivity index (χ0) is 23.8. The first-order chi connectivity index (χ1) is 16.6. The number of hydrogen-bond donors (Lipinski definition) is 1. The van der Waals surface area contributed by atoms with E-state index in [1.807, 2.05) is 60.7 Å². The van der Waals surface area contributed by atoms with Gasteiger partial charge in [0.05, 0.1) is 24.1 Å². The van der Waals surface area contributed by atoms with E-state index in [4.69, 9.17) is 0 Å². The molecule has 0 bridgehead atoms.